The number of aryl methyl sites for hydroxylation is 1. The maximum absolute atomic E-state index is 11.2. The van der Waals surface area contributed by atoms with Gasteiger partial charge in [0.25, 0.3) is 0 Å². The van der Waals surface area contributed by atoms with E-state index in [0.717, 1.165) is 21.0 Å². The summed E-state index contributed by atoms with van der Waals surface area (Å²) in [6.07, 6.45) is 0.717. The molecule has 3 N–H and O–H groups in total. The summed E-state index contributed by atoms with van der Waals surface area (Å²) in [5.41, 5.74) is 7.59. The van der Waals surface area contributed by atoms with E-state index in [1.54, 1.807) is 6.07 Å². The van der Waals surface area contributed by atoms with E-state index in [4.69, 9.17) is 5.73 Å². The van der Waals surface area contributed by atoms with Crippen LogP contribution in [0.5, 0.6) is 0 Å². The van der Waals surface area contributed by atoms with Crippen molar-refractivity contribution < 1.29 is 9.90 Å². The van der Waals surface area contributed by atoms with Crippen LogP contribution in [0.1, 0.15) is 22.8 Å². The molecule has 2 aromatic carbocycles. The largest absolute Gasteiger partial charge is 0.478 e. The van der Waals surface area contributed by atoms with Gasteiger partial charge in [0.15, 0.2) is 0 Å². The summed E-state index contributed by atoms with van der Waals surface area (Å²) in [5.74, 6) is -0.878. The van der Waals surface area contributed by atoms with E-state index in [9.17, 15) is 9.90 Å². The average Bonchev–Trinajstić information content (AvgIpc) is 2.41. The van der Waals surface area contributed by atoms with E-state index in [-0.39, 0.29) is 0 Å². The number of rotatable bonds is 4. The Morgan fingerprint density at radius 3 is 2.37 bits per heavy atom. The van der Waals surface area contributed by atoms with Crippen LogP contribution in [-0.4, -0.2) is 11.1 Å². The number of benzene rings is 2. The van der Waals surface area contributed by atoms with Crippen molar-refractivity contribution in [1.82, 2.24) is 0 Å². The van der Waals surface area contributed by atoms with Crippen molar-refractivity contribution in [3.63, 3.8) is 0 Å². The molecule has 0 saturated carbocycles. The summed E-state index contributed by atoms with van der Waals surface area (Å²) >= 11 is 1.53. The minimum atomic E-state index is -0.878. The Bertz CT molecular complexity index is 594. The minimum absolute atomic E-state index is 0.378. The first-order valence-electron chi connectivity index (χ1n) is 5.99. The van der Waals surface area contributed by atoms with Crippen molar-refractivity contribution in [2.45, 2.75) is 23.1 Å². The summed E-state index contributed by atoms with van der Waals surface area (Å²) in [7, 11) is 0. The molecule has 0 aliphatic carbocycles. The molecule has 0 radical (unpaired) electrons. The second-order valence-corrected chi connectivity index (χ2v) is 5.30. The van der Waals surface area contributed by atoms with Gasteiger partial charge in [-0.25, -0.2) is 4.79 Å². The lowest BCUT2D eigenvalue weighted by Gasteiger charge is -2.07. The molecule has 98 valence electrons. The minimum Gasteiger partial charge on any atom is -0.478 e. The SMILES string of the molecule is CCc1ccc(Sc2ccc(N)cc2)cc1C(=O)O. The Morgan fingerprint density at radius 2 is 1.79 bits per heavy atom. The monoisotopic (exact) mass is 273 g/mol. The molecular weight excluding hydrogens is 258 g/mol. The number of carboxylic acid groups (broad SMARTS) is 1. The molecular formula is C15H15NO2S. The molecule has 3 nitrogen and oxygen atoms in total. The van der Waals surface area contributed by atoms with Gasteiger partial charge in [-0.1, -0.05) is 24.8 Å². The van der Waals surface area contributed by atoms with Crippen molar-refractivity contribution in [3.05, 3.63) is 53.6 Å². The molecule has 2 rings (SSSR count). The van der Waals surface area contributed by atoms with Gasteiger partial charge in [0.05, 0.1) is 5.56 Å². The number of carbonyl (C=O) groups is 1. The third kappa shape index (κ3) is 3.29. The van der Waals surface area contributed by atoms with Crippen molar-refractivity contribution in [2.75, 3.05) is 5.73 Å². The Balaban J connectivity index is 2.28. The number of nitrogen functional groups attached to an aromatic ring is 1. The number of anilines is 1. The highest BCUT2D eigenvalue weighted by Crippen LogP contribution is 2.29. The molecule has 0 atom stereocenters. The first-order valence-corrected chi connectivity index (χ1v) is 6.81. The Morgan fingerprint density at radius 1 is 1.16 bits per heavy atom. The van der Waals surface area contributed by atoms with E-state index >= 15 is 0 Å². The molecule has 0 aromatic heterocycles. The molecule has 0 aliphatic heterocycles. The molecule has 0 aliphatic rings. The molecule has 0 bridgehead atoms. The van der Waals surface area contributed by atoms with Gasteiger partial charge in [-0.05, 0) is 48.4 Å². The van der Waals surface area contributed by atoms with Gasteiger partial charge in [-0.3, -0.25) is 0 Å². The quantitative estimate of drug-likeness (QED) is 0.834. The first kappa shape index (κ1) is 13.5. The fourth-order valence-corrected chi connectivity index (χ4v) is 2.66. The van der Waals surface area contributed by atoms with Crippen molar-refractivity contribution in [3.8, 4) is 0 Å². The number of aromatic carboxylic acids is 1. The third-order valence-electron chi connectivity index (χ3n) is 2.81. The molecule has 0 saturated heterocycles. The fourth-order valence-electron chi connectivity index (χ4n) is 1.80. The van der Waals surface area contributed by atoms with Crippen molar-refractivity contribution in [2.24, 2.45) is 0 Å². The van der Waals surface area contributed by atoms with Gasteiger partial charge in [0, 0.05) is 15.5 Å². The van der Waals surface area contributed by atoms with E-state index in [1.165, 1.54) is 11.8 Å². The number of carboxylic acids is 1. The van der Waals surface area contributed by atoms with Crippen LogP contribution in [0.4, 0.5) is 5.69 Å². The molecule has 0 amide bonds. The number of nitrogens with two attached hydrogens (primary N) is 1. The average molecular weight is 273 g/mol. The number of hydrogen-bond donors (Lipinski definition) is 2. The Hall–Kier alpha value is -1.94. The highest BCUT2D eigenvalue weighted by atomic mass is 32.2. The lowest BCUT2D eigenvalue weighted by Crippen LogP contribution is -2.01. The van der Waals surface area contributed by atoms with E-state index < -0.39 is 5.97 Å². The van der Waals surface area contributed by atoms with Crippen molar-refractivity contribution in [1.29, 1.82) is 0 Å². The van der Waals surface area contributed by atoms with Crippen LogP contribution in [0.3, 0.4) is 0 Å². The molecule has 0 fully saturated rings. The highest BCUT2D eigenvalue weighted by Gasteiger charge is 2.10. The standard InChI is InChI=1S/C15H15NO2S/c1-2-10-3-6-13(9-14(10)15(17)18)19-12-7-4-11(16)5-8-12/h3-9H,2,16H2,1H3,(H,17,18). The van der Waals surface area contributed by atoms with Gasteiger partial charge >= 0.3 is 5.97 Å². The predicted octanol–water partition coefficient (Wildman–Crippen LogP) is 3.68. The summed E-state index contributed by atoms with van der Waals surface area (Å²) in [4.78, 5) is 13.2. The van der Waals surface area contributed by atoms with Crippen LogP contribution in [0.25, 0.3) is 0 Å². The Kier molecular flexibility index (Phi) is 4.12. The summed E-state index contributed by atoms with van der Waals surface area (Å²) < 4.78 is 0. The molecule has 4 heteroatoms. The second kappa shape index (κ2) is 5.80. The van der Waals surface area contributed by atoms with Crippen molar-refractivity contribution >= 4 is 23.4 Å². The zero-order chi connectivity index (χ0) is 13.8. The van der Waals surface area contributed by atoms with Crippen LogP contribution in [-0.2, 0) is 6.42 Å². The third-order valence-corrected chi connectivity index (χ3v) is 3.81. The van der Waals surface area contributed by atoms with Crippen LogP contribution in [0.2, 0.25) is 0 Å². The first-order chi connectivity index (χ1) is 9.10. The second-order valence-electron chi connectivity index (χ2n) is 4.15. The molecule has 0 spiro atoms. The zero-order valence-corrected chi connectivity index (χ0v) is 11.4. The number of hydrogen-bond acceptors (Lipinski definition) is 3. The maximum atomic E-state index is 11.2. The van der Waals surface area contributed by atoms with Gasteiger partial charge < -0.3 is 10.8 Å². The zero-order valence-electron chi connectivity index (χ0n) is 10.6. The normalized spacial score (nSPS) is 10.4. The van der Waals surface area contributed by atoms with Crippen LogP contribution >= 0.6 is 11.8 Å². The predicted molar refractivity (Wildman–Crippen MR) is 77.8 cm³/mol. The van der Waals surface area contributed by atoms with Gasteiger partial charge in [0.2, 0.25) is 0 Å². The molecule has 2 aromatic rings. The van der Waals surface area contributed by atoms with Crippen LogP contribution in [0, 0.1) is 0 Å². The van der Waals surface area contributed by atoms with E-state index in [1.807, 2.05) is 43.3 Å². The highest BCUT2D eigenvalue weighted by molar-refractivity contribution is 7.99. The lowest BCUT2D eigenvalue weighted by molar-refractivity contribution is 0.0695. The van der Waals surface area contributed by atoms with Gasteiger partial charge in [0.1, 0.15) is 0 Å². The molecule has 0 unspecified atom stereocenters. The summed E-state index contributed by atoms with van der Waals surface area (Å²) in [6, 6.07) is 13.1. The fraction of sp³-hybridized carbons (Fsp3) is 0.133. The Labute approximate surface area is 116 Å². The lowest BCUT2D eigenvalue weighted by atomic mass is 10.1. The van der Waals surface area contributed by atoms with Gasteiger partial charge in [-0.15, -0.1) is 0 Å². The van der Waals surface area contributed by atoms with E-state index in [2.05, 4.69) is 0 Å². The smallest absolute Gasteiger partial charge is 0.336 e. The summed E-state index contributed by atoms with van der Waals surface area (Å²) in [6.45, 7) is 1.95. The topological polar surface area (TPSA) is 63.3 Å². The molecule has 19 heavy (non-hydrogen) atoms. The van der Waals surface area contributed by atoms with Gasteiger partial charge in [-0.2, -0.15) is 0 Å². The maximum Gasteiger partial charge on any atom is 0.336 e. The van der Waals surface area contributed by atoms with E-state index in [0.29, 0.717) is 12.0 Å². The summed E-state index contributed by atoms with van der Waals surface area (Å²) in [5, 5.41) is 9.20. The van der Waals surface area contributed by atoms with Crippen LogP contribution < -0.4 is 5.73 Å². The van der Waals surface area contributed by atoms with Crippen LogP contribution in [0.15, 0.2) is 52.3 Å². The molecule has 0 heterocycles.